The van der Waals surface area contributed by atoms with Crippen molar-refractivity contribution in [2.24, 2.45) is 5.73 Å². The van der Waals surface area contributed by atoms with E-state index in [1.165, 1.54) is 25.1 Å². The zero-order valence-electron chi connectivity index (χ0n) is 14.2. The van der Waals surface area contributed by atoms with Crippen LogP contribution in [0.3, 0.4) is 0 Å². The third kappa shape index (κ3) is 4.04. The molecule has 6 nitrogen and oxygen atoms in total. The lowest BCUT2D eigenvalue weighted by Crippen LogP contribution is -3.00. The topological polar surface area (TPSA) is 91.8 Å². The predicted octanol–water partition coefficient (Wildman–Crippen LogP) is 0.150. The Labute approximate surface area is 155 Å². The molecule has 3 rings (SSSR count). The highest BCUT2D eigenvalue weighted by Gasteiger charge is 2.16. The molecular weight excluding hydrogens is 358 g/mol. The minimum absolute atomic E-state index is 0. The summed E-state index contributed by atoms with van der Waals surface area (Å²) >= 11 is 0. The van der Waals surface area contributed by atoms with Gasteiger partial charge in [0.2, 0.25) is 11.2 Å². The van der Waals surface area contributed by atoms with Crippen molar-refractivity contribution in [3.05, 3.63) is 64.5 Å². The highest BCUT2D eigenvalue weighted by Crippen LogP contribution is 2.27. The van der Waals surface area contributed by atoms with Crippen LogP contribution in [0.25, 0.3) is 11.0 Å². The maximum Gasteiger partial charge on any atom is 0.328 e. The van der Waals surface area contributed by atoms with Crippen molar-refractivity contribution in [3.8, 4) is 17.2 Å². The molecule has 26 heavy (non-hydrogen) atoms. The zero-order valence-corrected chi connectivity index (χ0v) is 14.9. The van der Waals surface area contributed by atoms with Crippen LogP contribution in [-0.2, 0) is 4.79 Å². The Balaban J connectivity index is 0.00000243. The summed E-state index contributed by atoms with van der Waals surface area (Å²) in [5.74, 6) is 0.687. The second kappa shape index (κ2) is 8.03. The van der Waals surface area contributed by atoms with Crippen LogP contribution >= 0.6 is 0 Å². The van der Waals surface area contributed by atoms with E-state index in [1.807, 2.05) is 18.2 Å². The molecule has 0 saturated heterocycles. The Kier molecular flexibility index (Phi) is 6.02. The van der Waals surface area contributed by atoms with E-state index in [0.29, 0.717) is 22.5 Å². The summed E-state index contributed by atoms with van der Waals surface area (Å²) in [6, 6.07) is 12.8. The molecule has 2 N–H and O–H groups in total. The number of fused-ring (bicyclic) bond motifs is 1. The van der Waals surface area contributed by atoms with Crippen LogP contribution in [0, 0.1) is 6.92 Å². The van der Waals surface area contributed by atoms with Crippen molar-refractivity contribution in [1.82, 2.24) is 0 Å². The summed E-state index contributed by atoms with van der Waals surface area (Å²) in [7, 11) is 0. The van der Waals surface area contributed by atoms with Gasteiger partial charge in [0.05, 0.1) is 5.39 Å². The van der Waals surface area contributed by atoms with Crippen LogP contribution in [0.5, 0.6) is 17.2 Å². The summed E-state index contributed by atoms with van der Waals surface area (Å²) in [5, 5.41) is 0.331. The van der Waals surface area contributed by atoms with Crippen molar-refractivity contribution in [3.63, 3.8) is 0 Å². The fourth-order valence-corrected chi connectivity index (χ4v) is 2.27. The second-order valence-corrected chi connectivity index (χ2v) is 5.60. The van der Waals surface area contributed by atoms with E-state index in [9.17, 15) is 9.59 Å². The van der Waals surface area contributed by atoms with Crippen molar-refractivity contribution in [2.45, 2.75) is 19.9 Å². The third-order valence-corrected chi connectivity index (χ3v) is 3.54. The summed E-state index contributed by atoms with van der Waals surface area (Å²) in [5.41, 5.74) is 5.48. The summed E-state index contributed by atoms with van der Waals surface area (Å²) < 4.78 is 16.5. The molecular formula is C19H17ClNO5-. The number of benzene rings is 2. The Morgan fingerprint density at radius 3 is 2.46 bits per heavy atom. The monoisotopic (exact) mass is 374 g/mol. The largest absolute Gasteiger partial charge is 1.00 e. The Bertz CT molecular complexity index is 982. The molecule has 0 radical (unpaired) electrons. The van der Waals surface area contributed by atoms with Gasteiger partial charge in [0.1, 0.15) is 28.9 Å². The van der Waals surface area contributed by atoms with E-state index < -0.39 is 12.0 Å². The molecule has 0 aliphatic carbocycles. The van der Waals surface area contributed by atoms with Gasteiger partial charge in [-0.25, -0.2) is 4.79 Å². The van der Waals surface area contributed by atoms with E-state index in [-0.39, 0.29) is 29.3 Å². The molecule has 3 aromatic rings. The van der Waals surface area contributed by atoms with Crippen molar-refractivity contribution in [1.29, 1.82) is 0 Å². The first-order valence-corrected chi connectivity index (χ1v) is 7.73. The van der Waals surface area contributed by atoms with E-state index in [2.05, 4.69) is 0 Å². The minimum atomic E-state index is -0.744. The summed E-state index contributed by atoms with van der Waals surface area (Å²) in [6.45, 7) is 3.17. The van der Waals surface area contributed by atoms with Gasteiger partial charge in [0.15, 0.2) is 0 Å². The Morgan fingerprint density at radius 2 is 1.81 bits per heavy atom. The van der Waals surface area contributed by atoms with Crippen LogP contribution in [0.4, 0.5) is 0 Å². The van der Waals surface area contributed by atoms with Gasteiger partial charge in [-0.1, -0.05) is 18.2 Å². The van der Waals surface area contributed by atoms with Gasteiger partial charge in [-0.05, 0) is 38.1 Å². The van der Waals surface area contributed by atoms with Crippen LogP contribution in [-0.4, -0.2) is 12.0 Å². The van der Waals surface area contributed by atoms with Gasteiger partial charge in [-0.15, -0.1) is 0 Å². The maximum atomic E-state index is 12.7. The van der Waals surface area contributed by atoms with Gasteiger partial charge >= 0.3 is 5.97 Å². The van der Waals surface area contributed by atoms with E-state index in [4.69, 9.17) is 19.6 Å². The number of para-hydroxylation sites is 1. The molecule has 0 aliphatic rings. The number of aryl methyl sites for hydroxylation is 1. The van der Waals surface area contributed by atoms with Gasteiger partial charge < -0.3 is 32.0 Å². The first-order valence-electron chi connectivity index (χ1n) is 7.73. The zero-order chi connectivity index (χ0) is 18.0. The van der Waals surface area contributed by atoms with Gasteiger partial charge in [-0.2, -0.15) is 0 Å². The SMILES string of the molecule is Cc1oc2cc(OC(=O)C(C)N)ccc2c(=O)c1Oc1ccccc1.[Cl-]. The smallest absolute Gasteiger partial charge is 0.328 e. The fourth-order valence-electron chi connectivity index (χ4n) is 2.27. The number of nitrogens with two attached hydrogens (primary N) is 1. The number of halogens is 1. The fraction of sp³-hybridized carbons (Fsp3) is 0.158. The molecule has 0 aliphatic heterocycles. The molecule has 0 bridgehead atoms. The van der Waals surface area contributed by atoms with Gasteiger partial charge in [0.25, 0.3) is 0 Å². The van der Waals surface area contributed by atoms with E-state index in [0.717, 1.165) is 0 Å². The average molecular weight is 375 g/mol. The summed E-state index contributed by atoms with van der Waals surface area (Å²) in [4.78, 5) is 24.3. The molecule has 0 amide bonds. The molecule has 1 heterocycles. The number of esters is 1. The highest BCUT2D eigenvalue weighted by molar-refractivity contribution is 5.82. The van der Waals surface area contributed by atoms with Crippen LogP contribution in [0.15, 0.2) is 57.7 Å². The van der Waals surface area contributed by atoms with Crippen molar-refractivity contribution >= 4 is 16.9 Å². The molecule has 2 aromatic carbocycles. The minimum Gasteiger partial charge on any atom is -1.00 e. The lowest BCUT2D eigenvalue weighted by Gasteiger charge is -2.10. The first kappa shape index (κ1) is 19.5. The van der Waals surface area contributed by atoms with E-state index in [1.54, 1.807) is 19.1 Å². The van der Waals surface area contributed by atoms with E-state index >= 15 is 0 Å². The number of hydrogen-bond acceptors (Lipinski definition) is 6. The number of carbonyl (C=O) groups is 1. The lowest BCUT2D eigenvalue weighted by molar-refractivity contribution is -0.135. The van der Waals surface area contributed by atoms with Crippen molar-refractivity contribution in [2.75, 3.05) is 0 Å². The molecule has 1 unspecified atom stereocenters. The molecule has 0 spiro atoms. The number of rotatable bonds is 4. The third-order valence-electron chi connectivity index (χ3n) is 3.54. The molecule has 0 saturated carbocycles. The first-order chi connectivity index (χ1) is 12.0. The Hall–Kier alpha value is -2.83. The summed E-state index contributed by atoms with van der Waals surface area (Å²) in [6.07, 6.45) is 0. The molecule has 0 fully saturated rings. The second-order valence-electron chi connectivity index (χ2n) is 5.60. The number of hydrogen-bond donors (Lipinski definition) is 1. The van der Waals surface area contributed by atoms with Crippen LogP contribution < -0.4 is 33.0 Å². The van der Waals surface area contributed by atoms with Crippen LogP contribution in [0.1, 0.15) is 12.7 Å². The standard InChI is InChI=1S/C19H17NO5.ClH/c1-11(20)19(22)25-14-8-9-15-16(10-14)23-12(2)18(17(15)21)24-13-6-4-3-5-7-13;/h3-11H,20H2,1-2H3;1H/p-1. The molecule has 1 aromatic heterocycles. The van der Waals surface area contributed by atoms with Gasteiger partial charge in [-0.3, -0.25) is 4.79 Å². The molecule has 7 heteroatoms. The predicted molar refractivity (Wildman–Crippen MR) is 93.0 cm³/mol. The lowest BCUT2D eigenvalue weighted by atomic mass is 10.2. The average Bonchev–Trinajstić information content (AvgIpc) is 2.59. The molecule has 1 atom stereocenters. The number of carbonyl (C=O) groups excluding carboxylic acids is 1. The van der Waals surface area contributed by atoms with Crippen LogP contribution in [0.2, 0.25) is 0 Å². The van der Waals surface area contributed by atoms with Crippen molar-refractivity contribution < 1.29 is 31.1 Å². The number of ether oxygens (including phenoxy) is 2. The maximum absolute atomic E-state index is 12.7. The van der Waals surface area contributed by atoms with Gasteiger partial charge in [0, 0.05) is 6.07 Å². The normalized spacial score (nSPS) is 11.5. The highest BCUT2D eigenvalue weighted by atomic mass is 35.5. The quantitative estimate of drug-likeness (QED) is 0.516. The molecule has 136 valence electrons. The Morgan fingerprint density at radius 1 is 1.12 bits per heavy atom.